The van der Waals surface area contributed by atoms with Crippen LogP contribution in [0.25, 0.3) is 11.4 Å². The Morgan fingerprint density at radius 2 is 1.90 bits per heavy atom. The molecule has 21 heavy (non-hydrogen) atoms. The lowest BCUT2D eigenvalue weighted by Crippen LogP contribution is -2.37. The van der Waals surface area contributed by atoms with E-state index in [1.54, 1.807) is 0 Å². The van der Waals surface area contributed by atoms with Crippen LogP contribution in [0.4, 0.5) is 6.01 Å². The molecule has 0 saturated heterocycles. The van der Waals surface area contributed by atoms with Crippen LogP contribution in [0, 0.1) is 0 Å². The van der Waals surface area contributed by atoms with Crippen molar-refractivity contribution in [1.82, 2.24) is 15.0 Å². The van der Waals surface area contributed by atoms with Gasteiger partial charge in [0.25, 0.3) is 0 Å². The highest BCUT2D eigenvalue weighted by molar-refractivity contribution is 9.10. The lowest BCUT2D eigenvalue weighted by molar-refractivity contribution is 0.239. The van der Waals surface area contributed by atoms with Crippen LogP contribution in [0.15, 0.2) is 33.3 Å². The van der Waals surface area contributed by atoms with Gasteiger partial charge in [0.1, 0.15) is 0 Å². The summed E-state index contributed by atoms with van der Waals surface area (Å²) in [5.41, 5.74) is 0.937. The molecule has 1 heterocycles. The lowest BCUT2D eigenvalue weighted by atomic mass is 10.2. The van der Waals surface area contributed by atoms with Crippen LogP contribution < -0.4 is 5.32 Å². The van der Waals surface area contributed by atoms with E-state index in [0.29, 0.717) is 17.9 Å². The number of hydrogen-bond acceptors (Lipinski definition) is 5. The van der Waals surface area contributed by atoms with E-state index in [9.17, 15) is 0 Å². The van der Waals surface area contributed by atoms with Crippen LogP contribution >= 0.6 is 15.9 Å². The van der Waals surface area contributed by atoms with Gasteiger partial charge in [0, 0.05) is 22.6 Å². The van der Waals surface area contributed by atoms with Crippen molar-refractivity contribution < 1.29 is 4.52 Å². The SMILES string of the molecule is CCN(CC)[C@H](C)CNc1nc(-c2ccc(Br)cc2)no1. The highest BCUT2D eigenvalue weighted by Crippen LogP contribution is 2.20. The number of halogens is 1. The van der Waals surface area contributed by atoms with Gasteiger partial charge in [0.05, 0.1) is 0 Å². The van der Waals surface area contributed by atoms with Crippen LogP contribution in [-0.4, -0.2) is 40.7 Å². The van der Waals surface area contributed by atoms with Gasteiger partial charge in [-0.15, -0.1) is 0 Å². The van der Waals surface area contributed by atoms with E-state index in [1.807, 2.05) is 24.3 Å². The molecule has 0 amide bonds. The Balaban J connectivity index is 1.96. The average molecular weight is 353 g/mol. The molecule has 2 rings (SSSR count). The zero-order valence-corrected chi connectivity index (χ0v) is 14.2. The molecule has 6 heteroatoms. The maximum Gasteiger partial charge on any atom is 0.321 e. The molecule has 1 aromatic heterocycles. The monoisotopic (exact) mass is 352 g/mol. The number of anilines is 1. The highest BCUT2D eigenvalue weighted by Gasteiger charge is 2.12. The standard InChI is InChI=1S/C15H21BrN4O/c1-4-20(5-2)11(3)10-17-15-18-14(19-21-15)12-6-8-13(16)9-7-12/h6-9,11H,4-5,10H2,1-3H3,(H,17,18,19)/t11-/m1/s1. The largest absolute Gasteiger partial charge is 0.336 e. The molecule has 1 atom stereocenters. The molecule has 0 saturated carbocycles. The quantitative estimate of drug-likeness (QED) is 0.824. The van der Waals surface area contributed by atoms with E-state index in [1.165, 1.54) is 0 Å². The summed E-state index contributed by atoms with van der Waals surface area (Å²) in [4.78, 5) is 6.74. The molecule has 5 nitrogen and oxygen atoms in total. The van der Waals surface area contributed by atoms with E-state index in [-0.39, 0.29) is 0 Å². The Labute approximate surface area is 133 Å². The summed E-state index contributed by atoms with van der Waals surface area (Å²) in [5, 5.41) is 7.21. The molecule has 2 aromatic rings. The van der Waals surface area contributed by atoms with Gasteiger partial charge in [0.15, 0.2) is 0 Å². The Bertz CT molecular complexity index is 551. The normalized spacial score (nSPS) is 12.6. The first kappa shape index (κ1) is 16.0. The zero-order chi connectivity index (χ0) is 15.2. The maximum absolute atomic E-state index is 5.24. The summed E-state index contributed by atoms with van der Waals surface area (Å²) in [7, 11) is 0. The van der Waals surface area contributed by atoms with Crippen molar-refractivity contribution in [3.63, 3.8) is 0 Å². The van der Waals surface area contributed by atoms with Crippen LogP contribution in [0.5, 0.6) is 0 Å². The molecular weight excluding hydrogens is 332 g/mol. The summed E-state index contributed by atoms with van der Waals surface area (Å²) >= 11 is 3.41. The molecule has 0 fully saturated rings. The third kappa shape index (κ3) is 4.28. The second-order valence-electron chi connectivity index (χ2n) is 4.88. The van der Waals surface area contributed by atoms with Gasteiger partial charge in [-0.1, -0.05) is 34.9 Å². The van der Waals surface area contributed by atoms with Gasteiger partial charge in [-0.2, -0.15) is 4.98 Å². The Kier molecular flexibility index (Phi) is 5.76. The lowest BCUT2D eigenvalue weighted by Gasteiger charge is -2.25. The molecule has 0 bridgehead atoms. The molecule has 0 radical (unpaired) electrons. The van der Waals surface area contributed by atoms with E-state index in [4.69, 9.17) is 4.52 Å². The number of nitrogens with one attached hydrogen (secondary N) is 1. The molecule has 114 valence electrons. The Morgan fingerprint density at radius 1 is 1.24 bits per heavy atom. The molecule has 0 aliphatic rings. The first-order valence-electron chi connectivity index (χ1n) is 7.21. The van der Waals surface area contributed by atoms with Gasteiger partial charge < -0.3 is 9.84 Å². The third-order valence-electron chi connectivity index (χ3n) is 3.51. The van der Waals surface area contributed by atoms with Crippen LogP contribution in [0.2, 0.25) is 0 Å². The van der Waals surface area contributed by atoms with Gasteiger partial charge in [0.2, 0.25) is 5.82 Å². The predicted octanol–water partition coefficient (Wildman–Crippen LogP) is 3.64. The predicted molar refractivity (Wildman–Crippen MR) is 88.3 cm³/mol. The molecule has 0 aliphatic carbocycles. The fraction of sp³-hybridized carbons (Fsp3) is 0.467. The van der Waals surface area contributed by atoms with Crippen LogP contribution in [0.1, 0.15) is 20.8 Å². The molecule has 0 aliphatic heterocycles. The maximum atomic E-state index is 5.24. The summed E-state index contributed by atoms with van der Waals surface area (Å²) in [6.07, 6.45) is 0. The summed E-state index contributed by atoms with van der Waals surface area (Å²) < 4.78 is 6.27. The number of likely N-dealkylation sites (N-methyl/N-ethyl adjacent to an activating group) is 1. The van der Waals surface area contributed by atoms with E-state index in [0.717, 1.165) is 29.7 Å². The molecular formula is C15H21BrN4O. The number of hydrogen-bond donors (Lipinski definition) is 1. The van der Waals surface area contributed by atoms with Crippen molar-refractivity contribution in [1.29, 1.82) is 0 Å². The van der Waals surface area contributed by atoms with Crippen molar-refractivity contribution in [3.05, 3.63) is 28.7 Å². The van der Waals surface area contributed by atoms with Crippen LogP contribution in [-0.2, 0) is 0 Å². The zero-order valence-electron chi connectivity index (χ0n) is 12.6. The number of nitrogens with zero attached hydrogens (tertiary/aromatic N) is 3. The van der Waals surface area contributed by atoms with Gasteiger partial charge in [-0.3, -0.25) is 4.90 Å². The van der Waals surface area contributed by atoms with Crippen LogP contribution in [0.3, 0.4) is 0 Å². The summed E-state index contributed by atoms with van der Waals surface area (Å²) in [6, 6.07) is 8.71. The number of rotatable bonds is 7. The second kappa shape index (κ2) is 7.56. The van der Waals surface area contributed by atoms with Gasteiger partial charge in [-0.05, 0) is 44.3 Å². The van der Waals surface area contributed by atoms with Gasteiger partial charge in [-0.25, -0.2) is 0 Å². The van der Waals surface area contributed by atoms with Crippen molar-refractivity contribution >= 4 is 21.9 Å². The fourth-order valence-corrected chi connectivity index (χ4v) is 2.49. The van der Waals surface area contributed by atoms with Gasteiger partial charge >= 0.3 is 6.01 Å². The third-order valence-corrected chi connectivity index (χ3v) is 4.04. The van der Waals surface area contributed by atoms with Crippen molar-refractivity contribution in [2.24, 2.45) is 0 Å². The average Bonchev–Trinajstić information content (AvgIpc) is 2.96. The highest BCUT2D eigenvalue weighted by atomic mass is 79.9. The van der Waals surface area contributed by atoms with Crippen molar-refractivity contribution in [2.45, 2.75) is 26.8 Å². The second-order valence-corrected chi connectivity index (χ2v) is 5.80. The first-order chi connectivity index (χ1) is 10.1. The fourth-order valence-electron chi connectivity index (χ4n) is 2.22. The minimum Gasteiger partial charge on any atom is -0.336 e. The smallest absolute Gasteiger partial charge is 0.321 e. The van der Waals surface area contributed by atoms with E-state index in [2.05, 4.69) is 57.1 Å². The number of aromatic nitrogens is 2. The molecule has 1 N–H and O–H groups in total. The first-order valence-corrected chi connectivity index (χ1v) is 8.00. The molecule has 0 unspecified atom stereocenters. The molecule has 0 spiro atoms. The van der Waals surface area contributed by atoms with E-state index >= 15 is 0 Å². The number of benzene rings is 1. The Hall–Kier alpha value is -1.40. The van der Waals surface area contributed by atoms with E-state index < -0.39 is 0 Å². The molecule has 1 aromatic carbocycles. The van der Waals surface area contributed by atoms with Crippen molar-refractivity contribution in [3.8, 4) is 11.4 Å². The topological polar surface area (TPSA) is 54.2 Å². The summed E-state index contributed by atoms with van der Waals surface area (Å²) in [6.45, 7) is 9.37. The minimum atomic E-state index is 0.419. The van der Waals surface area contributed by atoms with Crippen molar-refractivity contribution in [2.75, 3.05) is 25.0 Å². The minimum absolute atomic E-state index is 0.419. The summed E-state index contributed by atoms with van der Waals surface area (Å²) in [5.74, 6) is 0.598. The Morgan fingerprint density at radius 3 is 2.52 bits per heavy atom.